The number of aromatic nitrogens is 1. The molecule has 1 aromatic carbocycles. The minimum Gasteiger partial charge on any atom is -0.380 e. The van der Waals surface area contributed by atoms with Gasteiger partial charge >= 0.3 is 0 Å². The maximum Gasteiger partial charge on any atom is 0.0645 e. The lowest BCUT2D eigenvalue weighted by Crippen LogP contribution is -2.05. The number of ether oxygens (including phenoxy) is 1. The molecule has 0 bridgehead atoms. The van der Waals surface area contributed by atoms with E-state index in [-0.39, 0.29) is 0 Å². The molecule has 0 saturated carbocycles. The second kappa shape index (κ2) is 5.69. The van der Waals surface area contributed by atoms with Gasteiger partial charge in [0.05, 0.1) is 6.61 Å². The zero-order chi connectivity index (χ0) is 12.1. The number of hydrogen-bond donors (Lipinski definition) is 0. The number of hydrogen-bond acceptors (Lipinski definition) is 1. The fourth-order valence-corrected chi connectivity index (χ4v) is 1.95. The van der Waals surface area contributed by atoms with Gasteiger partial charge in [-0.15, -0.1) is 0 Å². The van der Waals surface area contributed by atoms with Crippen LogP contribution in [0.4, 0.5) is 0 Å². The van der Waals surface area contributed by atoms with Crippen LogP contribution in [0.25, 0.3) is 11.1 Å². The minimum atomic E-state index is 0.778. The van der Waals surface area contributed by atoms with Gasteiger partial charge in [0, 0.05) is 25.0 Å². The lowest BCUT2D eigenvalue weighted by molar-refractivity contribution is 0.138. The molecular formula is C15H19NO. The highest BCUT2D eigenvalue weighted by Gasteiger charge is 2.03. The molecule has 0 radical (unpaired) electrons. The maximum atomic E-state index is 5.39. The molecule has 1 aromatic heterocycles. The van der Waals surface area contributed by atoms with Crippen LogP contribution in [0.3, 0.4) is 0 Å². The Morgan fingerprint density at radius 2 is 1.88 bits per heavy atom. The second-order valence-electron chi connectivity index (χ2n) is 4.13. The summed E-state index contributed by atoms with van der Waals surface area (Å²) in [7, 11) is 0. The Morgan fingerprint density at radius 3 is 2.59 bits per heavy atom. The van der Waals surface area contributed by atoms with Crippen molar-refractivity contribution in [3.8, 4) is 11.1 Å². The molecule has 0 fully saturated rings. The van der Waals surface area contributed by atoms with Gasteiger partial charge < -0.3 is 9.30 Å². The largest absolute Gasteiger partial charge is 0.380 e. The fourth-order valence-electron chi connectivity index (χ4n) is 1.95. The molecule has 0 spiro atoms. The molecule has 0 aliphatic rings. The van der Waals surface area contributed by atoms with Crippen molar-refractivity contribution in [2.45, 2.75) is 20.4 Å². The van der Waals surface area contributed by atoms with Crippen molar-refractivity contribution < 1.29 is 4.74 Å². The number of nitrogens with zero attached hydrogens (tertiary/aromatic N) is 1. The average molecular weight is 229 g/mol. The lowest BCUT2D eigenvalue weighted by Gasteiger charge is -2.05. The van der Waals surface area contributed by atoms with E-state index in [1.165, 1.54) is 16.8 Å². The molecule has 2 heteroatoms. The van der Waals surface area contributed by atoms with Crippen LogP contribution in [0.15, 0.2) is 42.6 Å². The van der Waals surface area contributed by atoms with Crippen LogP contribution in [0.5, 0.6) is 0 Å². The van der Waals surface area contributed by atoms with Gasteiger partial charge in [-0.2, -0.15) is 0 Å². The van der Waals surface area contributed by atoms with Crippen LogP contribution < -0.4 is 0 Å². The predicted molar refractivity (Wildman–Crippen MR) is 71.1 cm³/mol. The van der Waals surface area contributed by atoms with Crippen molar-refractivity contribution in [2.24, 2.45) is 0 Å². The molecule has 0 unspecified atom stereocenters. The highest BCUT2D eigenvalue weighted by molar-refractivity contribution is 5.63. The van der Waals surface area contributed by atoms with E-state index in [9.17, 15) is 0 Å². The summed E-state index contributed by atoms with van der Waals surface area (Å²) in [6, 6.07) is 12.7. The standard InChI is InChI=1S/C15H19NO/c1-3-17-10-9-16-12-15(11-13(16)2)14-7-5-4-6-8-14/h4-8,11-12H,3,9-10H2,1-2H3. The molecule has 17 heavy (non-hydrogen) atoms. The first-order valence-electron chi connectivity index (χ1n) is 6.11. The van der Waals surface area contributed by atoms with Crippen LogP contribution in [0.2, 0.25) is 0 Å². The van der Waals surface area contributed by atoms with Crippen LogP contribution in [-0.4, -0.2) is 17.8 Å². The molecule has 0 saturated heterocycles. The third-order valence-electron chi connectivity index (χ3n) is 2.90. The van der Waals surface area contributed by atoms with Crippen LogP contribution in [0, 0.1) is 6.92 Å². The van der Waals surface area contributed by atoms with Crippen LogP contribution >= 0.6 is 0 Å². The van der Waals surface area contributed by atoms with Crippen LogP contribution in [0.1, 0.15) is 12.6 Å². The van der Waals surface area contributed by atoms with Gasteiger partial charge in [-0.3, -0.25) is 0 Å². The minimum absolute atomic E-state index is 0.778. The van der Waals surface area contributed by atoms with Gasteiger partial charge in [0.25, 0.3) is 0 Å². The number of rotatable bonds is 5. The summed E-state index contributed by atoms with van der Waals surface area (Å²) >= 11 is 0. The second-order valence-corrected chi connectivity index (χ2v) is 4.13. The normalized spacial score (nSPS) is 10.7. The van der Waals surface area contributed by atoms with Gasteiger partial charge in [-0.1, -0.05) is 30.3 Å². The van der Waals surface area contributed by atoms with Crippen molar-refractivity contribution in [1.29, 1.82) is 0 Å². The van der Waals surface area contributed by atoms with E-state index in [0.717, 1.165) is 19.8 Å². The van der Waals surface area contributed by atoms with E-state index < -0.39 is 0 Å². The summed E-state index contributed by atoms with van der Waals surface area (Å²) in [6.45, 7) is 6.65. The Kier molecular flexibility index (Phi) is 3.99. The third kappa shape index (κ3) is 2.98. The Labute approximate surface area is 103 Å². The van der Waals surface area contributed by atoms with Crippen molar-refractivity contribution in [2.75, 3.05) is 13.2 Å². The third-order valence-corrected chi connectivity index (χ3v) is 2.90. The monoisotopic (exact) mass is 229 g/mol. The SMILES string of the molecule is CCOCCn1cc(-c2ccccc2)cc1C. The Morgan fingerprint density at radius 1 is 1.12 bits per heavy atom. The van der Waals surface area contributed by atoms with Crippen molar-refractivity contribution in [3.05, 3.63) is 48.3 Å². The summed E-state index contributed by atoms with van der Waals surface area (Å²) in [5.41, 5.74) is 3.83. The summed E-state index contributed by atoms with van der Waals surface area (Å²) in [6.07, 6.45) is 2.20. The Balaban J connectivity index is 2.13. The first kappa shape index (κ1) is 11.9. The maximum absolute atomic E-state index is 5.39. The average Bonchev–Trinajstić information content (AvgIpc) is 2.73. The predicted octanol–water partition coefficient (Wildman–Crippen LogP) is 3.50. The Hall–Kier alpha value is -1.54. The van der Waals surface area contributed by atoms with E-state index in [4.69, 9.17) is 4.74 Å². The summed E-state index contributed by atoms with van der Waals surface area (Å²) in [4.78, 5) is 0. The van der Waals surface area contributed by atoms with E-state index in [0.29, 0.717) is 0 Å². The highest BCUT2D eigenvalue weighted by Crippen LogP contribution is 2.21. The first-order valence-corrected chi connectivity index (χ1v) is 6.11. The number of aryl methyl sites for hydroxylation is 1. The van der Waals surface area contributed by atoms with Crippen LogP contribution in [-0.2, 0) is 11.3 Å². The van der Waals surface area contributed by atoms with Crippen molar-refractivity contribution in [3.63, 3.8) is 0 Å². The van der Waals surface area contributed by atoms with E-state index in [1.54, 1.807) is 0 Å². The molecule has 0 atom stereocenters. The lowest BCUT2D eigenvalue weighted by atomic mass is 10.1. The molecule has 1 heterocycles. The van der Waals surface area contributed by atoms with Gasteiger partial charge in [-0.05, 0) is 31.0 Å². The molecular weight excluding hydrogens is 210 g/mol. The molecule has 2 aromatic rings. The molecule has 2 rings (SSSR count). The fraction of sp³-hybridized carbons (Fsp3) is 0.333. The molecule has 0 N–H and O–H groups in total. The van der Waals surface area contributed by atoms with Gasteiger partial charge in [0.15, 0.2) is 0 Å². The van der Waals surface area contributed by atoms with E-state index >= 15 is 0 Å². The summed E-state index contributed by atoms with van der Waals surface area (Å²) in [5, 5.41) is 0. The Bertz CT molecular complexity index is 459. The van der Waals surface area contributed by atoms with E-state index in [2.05, 4.69) is 48.0 Å². The topological polar surface area (TPSA) is 14.2 Å². The number of benzene rings is 1. The molecule has 90 valence electrons. The highest BCUT2D eigenvalue weighted by atomic mass is 16.5. The van der Waals surface area contributed by atoms with Crippen molar-refractivity contribution in [1.82, 2.24) is 4.57 Å². The molecule has 2 nitrogen and oxygen atoms in total. The summed E-state index contributed by atoms with van der Waals surface area (Å²) in [5.74, 6) is 0. The molecule has 0 amide bonds. The van der Waals surface area contributed by atoms with Gasteiger partial charge in [0.1, 0.15) is 0 Å². The summed E-state index contributed by atoms with van der Waals surface area (Å²) < 4.78 is 7.63. The zero-order valence-corrected chi connectivity index (χ0v) is 10.5. The molecule has 0 aliphatic heterocycles. The smallest absolute Gasteiger partial charge is 0.0645 e. The first-order chi connectivity index (χ1) is 8.31. The van der Waals surface area contributed by atoms with Gasteiger partial charge in [-0.25, -0.2) is 0 Å². The molecule has 0 aliphatic carbocycles. The quantitative estimate of drug-likeness (QED) is 0.716. The van der Waals surface area contributed by atoms with Gasteiger partial charge in [0.2, 0.25) is 0 Å². The zero-order valence-electron chi connectivity index (χ0n) is 10.5. The van der Waals surface area contributed by atoms with E-state index in [1.807, 2.05) is 13.0 Å². The van der Waals surface area contributed by atoms with Crippen molar-refractivity contribution >= 4 is 0 Å².